The third-order valence-corrected chi connectivity index (χ3v) is 19.6. The summed E-state index contributed by atoms with van der Waals surface area (Å²) < 4.78 is 54.0. The predicted molar refractivity (Wildman–Crippen MR) is 270 cm³/mol. The number of likely N-dealkylation sites (tertiary alicyclic amines) is 1. The molecule has 0 bridgehead atoms. The molecule has 1 spiro atoms. The molecule has 3 aliphatic carbocycles. The van der Waals surface area contributed by atoms with Gasteiger partial charge in [0.1, 0.15) is 22.0 Å². The summed E-state index contributed by atoms with van der Waals surface area (Å²) in [4.78, 5) is 41.9. The number of H-pyrrole nitrogens is 1. The van der Waals surface area contributed by atoms with Gasteiger partial charge in [-0.25, -0.2) is 31.7 Å². The number of nitrogens with zero attached hydrogens (tertiary/aromatic N) is 6. The van der Waals surface area contributed by atoms with Crippen LogP contribution in [-0.4, -0.2) is 106 Å². The predicted octanol–water partition coefficient (Wildman–Crippen LogP) is 8.28. The maximum atomic E-state index is 14.1. The third kappa shape index (κ3) is 9.86. The molecular weight excluding hydrogens is 929 g/mol. The molecule has 6 aliphatic rings. The number of sulfonamides is 1. The van der Waals surface area contributed by atoms with Crippen LogP contribution >= 0.6 is 0 Å². The first-order valence-corrected chi connectivity index (χ1v) is 28.5. The molecule has 0 unspecified atom stereocenters. The maximum absolute atomic E-state index is 14.1. The number of carbonyl (C=O) groups is 1. The quantitative estimate of drug-likeness (QED) is 0.0609. The van der Waals surface area contributed by atoms with Crippen molar-refractivity contribution in [3.05, 3.63) is 106 Å². The van der Waals surface area contributed by atoms with E-state index in [4.69, 9.17) is 9.10 Å². The van der Waals surface area contributed by atoms with Crippen LogP contribution in [0.1, 0.15) is 110 Å². The number of carbonyl (C=O) groups excluding carboxylic acids is 1. The Morgan fingerprint density at radius 2 is 1.70 bits per heavy atom. The Morgan fingerprint density at radius 1 is 0.929 bits per heavy atom. The van der Waals surface area contributed by atoms with Gasteiger partial charge in [-0.3, -0.25) is 19.8 Å². The Hall–Kier alpha value is -5.63. The lowest BCUT2D eigenvalue weighted by Crippen LogP contribution is -2.54. The topological polar surface area (TPSA) is 217 Å². The van der Waals surface area contributed by atoms with E-state index in [9.17, 15) is 27.5 Å². The number of hydrogen-bond acceptors (Lipinski definition) is 14. The summed E-state index contributed by atoms with van der Waals surface area (Å²) in [6, 6.07) is 20.0. The van der Waals surface area contributed by atoms with E-state index in [1.807, 2.05) is 12.1 Å². The average Bonchev–Trinajstić information content (AvgIpc) is 3.90. The van der Waals surface area contributed by atoms with Gasteiger partial charge in [0, 0.05) is 95.4 Å². The van der Waals surface area contributed by atoms with Gasteiger partial charge < -0.3 is 25.3 Å². The number of aromatic amines is 1. The van der Waals surface area contributed by atoms with Crippen LogP contribution in [0.3, 0.4) is 0 Å². The van der Waals surface area contributed by atoms with Crippen LogP contribution in [0.15, 0.2) is 88.5 Å². The number of pyridine rings is 2. The Morgan fingerprint density at radius 3 is 2.46 bits per heavy atom. The fourth-order valence-corrected chi connectivity index (χ4v) is 14.9. The minimum Gasteiger partial charge on any atom is -0.455 e. The van der Waals surface area contributed by atoms with Crippen molar-refractivity contribution in [1.29, 1.82) is 0 Å². The van der Waals surface area contributed by atoms with Crippen LogP contribution in [-0.2, 0) is 19.8 Å². The Labute approximate surface area is 409 Å². The van der Waals surface area contributed by atoms with Crippen molar-refractivity contribution < 1.29 is 27.1 Å². The van der Waals surface area contributed by atoms with E-state index in [1.165, 1.54) is 51.3 Å². The summed E-state index contributed by atoms with van der Waals surface area (Å²) in [7, 11) is -6.83. The zero-order chi connectivity index (χ0) is 48.0. The van der Waals surface area contributed by atoms with Crippen molar-refractivity contribution in [2.45, 2.75) is 106 Å². The fourth-order valence-electron chi connectivity index (χ4n) is 11.9. The van der Waals surface area contributed by atoms with Crippen LogP contribution in [0.4, 0.5) is 17.2 Å². The molecule has 3 aromatic heterocycles. The number of amides is 1. The number of ether oxygens (including phenoxy) is 1. The van der Waals surface area contributed by atoms with E-state index < -0.39 is 41.2 Å². The molecule has 70 heavy (non-hydrogen) atoms. The van der Waals surface area contributed by atoms with Crippen LogP contribution in [0.5, 0.6) is 11.5 Å². The van der Waals surface area contributed by atoms with Gasteiger partial charge in [-0.1, -0.05) is 24.3 Å². The van der Waals surface area contributed by atoms with Crippen LogP contribution in [0, 0.1) is 21.4 Å². The smallest absolute Gasteiger partial charge is 0.312 e. The van der Waals surface area contributed by atoms with Crippen molar-refractivity contribution in [2.24, 2.45) is 15.7 Å². The summed E-state index contributed by atoms with van der Waals surface area (Å²) in [5.74, 6) is 1.54. The molecule has 4 N–H and O–H groups in total. The highest BCUT2D eigenvalue weighted by atomic mass is 32.2. The third-order valence-electron chi connectivity index (χ3n) is 16.0. The maximum Gasteiger partial charge on any atom is 0.312 e. The molecule has 0 radical (unpaired) electrons. The molecular formula is C51H62N10O7S2. The molecule has 3 aliphatic heterocycles. The Kier molecular flexibility index (Phi) is 12.8. The Balaban J connectivity index is 0.755. The SMILES string of the molecule is O=C(NS(=O)(=O)c1cnc(NCC2CCC(N=S3(=O)CCNCC3)CC2)c([N+](=O)[O-])c1)c1ccc(N2CCC3(CC2)CC(N2CCC[C@@H]2c2ccccc2C2CC2)C3)cc1Oc1cnc2[nH]ccc2c1. The second kappa shape index (κ2) is 19.2. The summed E-state index contributed by atoms with van der Waals surface area (Å²) in [5.41, 5.74) is 4.39. The Bertz CT molecular complexity index is 3010. The molecule has 17 nitrogen and oxygen atoms in total. The van der Waals surface area contributed by atoms with Gasteiger partial charge >= 0.3 is 5.69 Å². The summed E-state index contributed by atoms with van der Waals surface area (Å²) >= 11 is 0. The number of rotatable bonds is 14. The summed E-state index contributed by atoms with van der Waals surface area (Å²) in [6.07, 6.45) is 17.1. The monoisotopic (exact) mass is 990 g/mol. The number of aromatic nitrogens is 3. The normalized spacial score (nSPS) is 23.7. The number of fused-ring (bicyclic) bond motifs is 1. The molecule has 19 heteroatoms. The van der Waals surface area contributed by atoms with Gasteiger partial charge in [-0.15, -0.1) is 0 Å². The highest BCUT2D eigenvalue weighted by molar-refractivity contribution is 7.93. The van der Waals surface area contributed by atoms with E-state index in [1.54, 1.807) is 35.5 Å². The first kappa shape index (κ1) is 46.7. The summed E-state index contributed by atoms with van der Waals surface area (Å²) in [5, 5.41) is 19.4. The van der Waals surface area contributed by atoms with Crippen molar-refractivity contribution >= 4 is 53.9 Å². The van der Waals surface area contributed by atoms with Crippen LogP contribution < -0.4 is 25.0 Å². The lowest BCUT2D eigenvalue weighted by Gasteiger charge is -2.56. The largest absolute Gasteiger partial charge is 0.455 e. The summed E-state index contributed by atoms with van der Waals surface area (Å²) in [6.45, 7) is 4.66. The second-order valence-electron chi connectivity index (χ2n) is 20.5. The van der Waals surface area contributed by atoms with E-state index in [2.05, 4.69) is 64.4 Å². The molecule has 370 valence electrons. The molecule has 1 amide bonds. The van der Waals surface area contributed by atoms with Crippen LogP contribution in [0.25, 0.3) is 11.0 Å². The molecule has 5 aromatic rings. The van der Waals surface area contributed by atoms with E-state index in [0.717, 1.165) is 80.9 Å². The first-order valence-electron chi connectivity index (χ1n) is 25.1. The number of hydrogen-bond donors (Lipinski definition) is 4. The van der Waals surface area contributed by atoms with Gasteiger partial charge in [-0.05, 0) is 136 Å². The van der Waals surface area contributed by atoms with E-state index >= 15 is 0 Å². The highest BCUT2D eigenvalue weighted by Crippen LogP contribution is 2.55. The number of nitro groups is 1. The van der Waals surface area contributed by atoms with Gasteiger partial charge in [-0.2, -0.15) is 0 Å². The van der Waals surface area contributed by atoms with Crippen LogP contribution in [0.2, 0.25) is 0 Å². The zero-order valence-electron chi connectivity index (χ0n) is 39.4. The molecule has 3 saturated carbocycles. The second-order valence-corrected chi connectivity index (χ2v) is 24.8. The zero-order valence-corrected chi connectivity index (χ0v) is 41.0. The van der Waals surface area contributed by atoms with Crippen molar-refractivity contribution in [3.8, 4) is 11.5 Å². The number of nitrogens with one attached hydrogen (secondary N) is 4. The van der Waals surface area contributed by atoms with Crippen molar-refractivity contribution in [2.75, 3.05) is 61.0 Å². The minimum absolute atomic E-state index is 0.0360. The average molecular weight is 991 g/mol. The number of anilines is 2. The molecule has 2 aromatic carbocycles. The molecule has 11 rings (SSSR count). The molecule has 6 heterocycles. The molecule has 3 saturated heterocycles. The number of benzene rings is 2. The van der Waals surface area contributed by atoms with Gasteiger partial charge in [0.05, 0.1) is 28.9 Å². The minimum atomic E-state index is -4.64. The van der Waals surface area contributed by atoms with Gasteiger partial charge in [0.25, 0.3) is 15.9 Å². The lowest BCUT2D eigenvalue weighted by atomic mass is 9.59. The van der Waals surface area contributed by atoms with Crippen molar-refractivity contribution in [3.63, 3.8) is 0 Å². The molecule has 6 fully saturated rings. The van der Waals surface area contributed by atoms with Gasteiger partial charge in [0.2, 0.25) is 5.82 Å². The first-order chi connectivity index (χ1) is 33.9. The number of piperidine rings is 1. The lowest BCUT2D eigenvalue weighted by molar-refractivity contribution is -0.384. The fraction of sp³-hybridized carbons (Fsp3) is 0.510. The highest BCUT2D eigenvalue weighted by Gasteiger charge is 2.50. The van der Waals surface area contributed by atoms with E-state index in [-0.39, 0.29) is 29.1 Å². The van der Waals surface area contributed by atoms with E-state index in [0.29, 0.717) is 60.0 Å². The van der Waals surface area contributed by atoms with Gasteiger partial charge in [0.15, 0.2) is 0 Å². The molecule has 1 atom stereocenters. The standard InChI is InChI=1S/C51H62N10O7S2/c62-50(58-70(66,67)41-28-46(61(63)64)49(56-33-41)54-31-34-7-11-37(12-8-34)57-69(65)24-19-52-20-25-69)44-14-13-38(27-47(44)68-40-26-36-15-18-53-48(36)55-32-40)59-22-16-51(17-23-59)29-39(30-51)60-21-3-6-45(60)43-5-2-1-4-42(43)35-9-10-35/h1-2,4-5,13-15,18,26-28,32-35,37,39,45,52H,3,6-12,16-17,19-25,29-31H2,(H,53,55)(H,54,56)(H,58,62)/t34?,37?,45-/m1/s1. The van der Waals surface area contributed by atoms with Crippen molar-refractivity contribution in [1.82, 2.24) is 29.9 Å².